The molecule has 1 saturated carbocycles. The van der Waals surface area contributed by atoms with E-state index in [1.807, 2.05) is 12.1 Å². The summed E-state index contributed by atoms with van der Waals surface area (Å²) in [5, 5.41) is 0. The lowest BCUT2D eigenvalue weighted by molar-refractivity contribution is -0.141. The first kappa shape index (κ1) is 18.9. The Morgan fingerprint density at radius 2 is 1.93 bits per heavy atom. The fraction of sp³-hybridized carbons (Fsp3) is 0.650. The third-order valence-corrected chi connectivity index (χ3v) is 8.27. The van der Waals surface area contributed by atoms with Gasteiger partial charge in [0.25, 0.3) is 0 Å². The molecular weight excluding hydrogens is 364 g/mol. The molecule has 148 valence electrons. The van der Waals surface area contributed by atoms with E-state index >= 15 is 0 Å². The number of fused-ring (bicyclic) bond motifs is 1. The number of hydrogen-bond donors (Lipinski definition) is 0. The molecule has 0 unspecified atom stereocenters. The highest BCUT2D eigenvalue weighted by atomic mass is 32.2. The lowest BCUT2D eigenvalue weighted by Gasteiger charge is -2.30. The highest BCUT2D eigenvalue weighted by Gasteiger charge is 2.52. The highest BCUT2D eigenvalue weighted by molar-refractivity contribution is 7.89. The van der Waals surface area contributed by atoms with Crippen LogP contribution in [0.1, 0.15) is 30.0 Å². The van der Waals surface area contributed by atoms with E-state index in [1.165, 1.54) is 7.11 Å². The van der Waals surface area contributed by atoms with Gasteiger partial charge >= 0.3 is 5.97 Å². The number of esters is 1. The van der Waals surface area contributed by atoms with E-state index in [0.717, 1.165) is 37.1 Å². The van der Waals surface area contributed by atoms with Gasteiger partial charge in [-0.15, -0.1) is 0 Å². The second kappa shape index (κ2) is 7.18. The van der Waals surface area contributed by atoms with Crippen molar-refractivity contribution in [1.82, 2.24) is 9.21 Å². The highest BCUT2D eigenvalue weighted by Crippen LogP contribution is 2.48. The molecule has 27 heavy (non-hydrogen) atoms. The molecule has 0 aromatic heterocycles. The molecule has 3 fully saturated rings. The van der Waals surface area contributed by atoms with Crippen LogP contribution >= 0.6 is 0 Å². The number of methoxy groups -OCH3 is 1. The Balaban J connectivity index is 1.62. The third kappa shape index (κ3) is 3.77. The monoisotopic (exact) mass is 392 g/mol. The summed E-state index contributed by atoms with van der Waals surface area (Å²) >= 11 is 0. The fourth-order valence-corrected chi connectivity index (χ4v) is 6.90. The topological polar surface area (TPSA) is 66.9 Å². The smallest absolute Gasteiger partial charge is 0.319 e. The van der Waals surface area contributed by atoms with Crippen molar-refractivity contribution in [2.75, 3.05) is 39.0 Å². The minimum absolute atomic E-state index is 0.136. The van der Waals surface area contributed by atoms with Gasteiger partial charge in [-0.05, 0) is 48.6 Å². The van der Waals surface area contributed by atoms with E-state index in [-0.39, 0.29) is 36.1 Å². The number of likely N-dealkylation sites (tertiary alicyclic amines) is 1. The summed E-state index contributed by atoms with van der Waals surface area (Å²) in [6.07, 6.45) is 2.06. The molecule has 3 aliphatic rings. The third-order valence-electron chi connectivity index (χ3n) is 6.29. The normalized spacial score (nSPS) is 29.0. The zero-order chi connectivity index (χ0) is 19.2. The molecule has 6 nitrogen and oxygen atoms in total. The minimum Gasteiger partial charge on any atom is -0.468 e. The van der Waals surface area contributed by atoms with E-state index in [4.69, 9.17) is 4.74 Å². The predicted octanol–water partition coefficient (Wildman–Crippen LogP) is 1.81. The Labute approximate surface area is 161 Å². The molecule has 0 N–H and O–H groups in total. The molecule has 2 heterocycles. The van der Waals surface area contributed by atoms with Crippen molar-refractivity contribution < 1.29 is 17.9 Å². The number of ether oxygens (including phenoxy) is 1. The largest absolute Gasteiger partial charge is 0.468 e. The molecule has 0 spiro atoms. The predicted molar refractivity (Wildman–Crippen MR) is 103 cm³/mol. The number of carbonyl (C=O) groups is 1. The van der Waals surface area contributed by atoms with E-state index < -0.39 is 10.0 Å². The van der Waals surface area contributed by atoms with Gasteiger partial charge in [0, 0.05) is 19.6 Å². The summed E-state index contributed by atoms with van der Waals surface area (Å²) in [4.78, 5) is 13.8. The molecule has 2 saturated heterocycles. The number of carbonyl (C=O) groups excluding carboxylic acids is 1. The summed E-state index contributed by atoms with van der Waals surface area (Å²) in [5.74, 6) is 0.850. The van der Waals surface area contributed by atoms with Gasteiger partial charge in [0.15, 0.2) is 0 Å². The quantitative estimate of drug-likeness (QED) is 0.691. The van der Waals surface area contributed by atoms with Crippen LogP contribution < -0.4 is 0 Å². The Kier molecular flexibility index (Phi) is 5.03. The maximum absolute atomic E-state index is 13.2. The second-order valence-electron chi connectivity index (χ2n) is 8.29. The van der Waals surface area contributed by atoms with Gasteiger partial charge in [-0.2, -0.15) is 4.31 Å². The van der Waals surface area contributed by atoms with Crippen molar-refractivity contribution in [2.45, 2.75) is 25.8 Å². The van der Waals surface area contributed by atoms with Crippen molar-refractivity contribution >= 4 is 16.0 Å². The number of hydrogen-bond acceptors (Lipinski definition) is 5. The Hall–Kier alpha value is -1.44. The lowest BCUT2D eigenvalue weighted by Crippen LogP contribution is -2.38. The first-order chi connectivity index (χ1) is 12.9. The van der Waals surface area contributed by atoms with Crippen LogP contribution in [-0.2, 0) is 19.6 Å². The zero-order valence-electron chi connectivity index (χ0n) is 16.0. The number of nitrogens with zero attached hydrogens (tertiary/aromatic N) is 2. The lowest BCUT2D eigenvalue weighted by atomic mass is 9.88. The van der Waals surface area contributed by atoms with Crippen LogP contribution in [0.25, 0.3) is 0 Å². The van der Waals surface area contributed by atoms with Crippen molar-refractivity contribution in [1.29, 1.82) is 0 Å². The van der Waals surface area contributed by atoms with Gasteiger partial charge in [0.05, 0.1) is 25.4 Å². The molecule has 0 amide bonds. The van der Waals surface area contributed by atoms with E-state index in [1.54, 1.807) is 4.31 Å². The van der Waals surface area contributed by atoms with Gasteiger partial charge in [0.2, 0.25) is 10.0 Å². The van der Waals surface area contributed by atoms with Gasteiger partial charge in [-0.25, -0.2) is 8.42 Å². The number of benzene rings is 1. The minimum atomic E-state index is -3.27. The van der Waals surface area contributed by atoms with Crippen molar-refractivity contribution in [3.8, 4) is 0 Å². The van der Waals surface area contributed by atoms with E-state index in [2.05, 4.69) is 24.0 Å². The Bertz CT molecular complexity index is 821. The summed E-state index contributed by atoms with van der Waals surface area (Å²) in [6.45, 7) is 4.36. The molecule has 1 aromatic rings. The summed E-state index contributed by atoms with van der Waals surface area (Å²) in [5.41, 5.74) is 2.23. The van der Waals surface area contributed by atoms with Crippen LogP contribution in [0.3, 0.4) is 0 Å². The Morgan fingerprint density at radius 1 is 1.19 bits per heavy atom. The summed E-state index contributed by atoms with van der Waals surface area (Å²) < 4.78 is 32.9. The van der Waals surface area contributed by atoms with Crippen LogP contribution in [0.5, 0.6) is 0 Å². The average Bonchev–Trinajstić information content (AvgIpc) is 3.22. The number of aryl methyl sites for hydroxylation is 1. The van der Waals surface area contributed by atoms with Crippen LogP contribution in [0.4, 0.5) is 0 Å². The molecule has 0 bridgehead atoms. The Morgan fingerprint density at radius 3 is 2.59 bits per heavy atom. The van der Waals surface area contributed by atoms with Crippen molar-refractivity contribution in [2.24, 2.45) is 17.8 Å². The van der Waals surface area contributed by atoms with Crippen molar-refractivity contribution in [3.63, 3.8) is 0 Å². The summed E-state index contributed by atoms with van der Waals surface area (Å²) in [7, 11) is -1.87. The molecule has 4 rings (SSSR count). The molecule has 0 radical (unpaired) electrons. The first-order valence-electron chi connectivity index (χ1n) is 9.73. The van der Waals surface area contributed by atoms with Gasteiger partial charge in [0.1, 0.15) is 0 Å². The summed E-state index contributed by atoms with van der Waals surface area (Å²) in [6, 6.07) is 7.96. The molecule has 1 aromatic carbocycles. The number of sulfonamides is 1. The second-order valence-corrected chi connectivity index (χ2v) is 10.3. The van der Waals surface area contributed by atoms with Gasteiger partial charge in [-0.3, -0.25) is 9.69 Å². The first-order valence-corrected chi connectivity index (χ1v) is 11.3. The van der Waals surface area contributed by atoms with Crippen LogP contribution in [-0.4, -0.2) is 62.6 Å². The van der Waals surface area contributed by atoms with Crippen LogP contribution in [0.2, 0.25) is 0 Å². The average molecular weight is 393 g/mol. The van der Waals surface area contributed by atoms with Crippen molar-refractivity contribution in [3.05, 3.63) is 35.4 Å². The van der Waals surface area contributed by atoms with Gasteiger partial charge in [-0.1, -0.05) is 24.3 Å². The maximum atomic E-state index is 13.2. The molecule has 3 atom stereocenters. The standard InChI is InChI=1S/C20H28N2O4S/c1-14-5-3-4-6-17(14)20-18-11-21(12-19(23)26-2)9-16(18)10-22(20)27(24,25)13-15-7-8-15/h3-6,15-16,18,20H,7-13H2,1-2H3/t16-,18-,20+/m0/s1. The molecule has 1 aliphatic carbocycles. The number of rotatable bonds is 6. The van der Waals surface area contributed by atoms with Crippen LogP contribution in [0, 0.1) is 24.7 Å². The zero-order valence-corrected chi connectivity index (χ0v) is 16.8. The maximum Gasteiger partial charge on any atom is 0.319 e. The fourth-order valence-electron chi connectivity index (χ4n) is 4.74. The SMILES string of the molecule is COC(=O)CN1C[C@H]2CN(S(=O)(=O)CC3CC3)[C@H](c3ccccc3C)[C@H]2C1. The van der Waals surface area contributed by atoms with Crippen LogP contribution in [0.15, 0.2) is 24.3 Å². The molecular formula is C20H28N2O4S. The molecule has 7 heteroatoms. The van der Waals surface area contributed by atoms with E-state index in [9.17, 15) is 13.2 Å². The molecule has 2 aliphatic heterocycles. The van der Waals surface area contributed by atoms with Gasteiger partial charge < -0.3 is 4.74 Å². The van der Waals surface area contributed by atoms with E-state index in [0.29, 0.717) is 12.5 Å².